The number of rotatable bonds is 4. The van der Waals surface area contributed by atoms with E-state index in [1.807, 2.05) is 19.1 Å². The van der Waals surface area contributed by atoms with Crippen molar-refractivity contribution in [2.24, 2.45) is 5.73 Å². The highest BCUT2D eigenvalue weighted by atomic mass is 35.5. The van der Waals surface area contributed by atoms with Crippen molar-refractivity contribution in [3.8, 4) is 5.75 Å². The third-order valence-corrected chi connectivity index (χ3v) is 2.80. The van der Waals surface area contributed by atoms with E-state index in [1.165, 1.54) is 11.1 Å². The average Bonchev–Trinajstić information content (AvgIpc) is 2.22. The van der Waals surface area contributed by atoms with Gasteiger partial charge in [0.25, 0.3) is 0 Å². The number of benzene rings is 1. The fourth-order valence-corrected chi connectivity index (χ4v) is 1.82. The second kappa shape index (κ2) is 5.38. The van der Waals surface area contributed by atoms with Crippen LogP contribution in [0.15, 0.2) is 12.1 Å². The summed E-state index contributed by atoms with van der Waals surface area (Å²) in [6.45, 7) is 7.36. The Bertz CT molecular complexity index is 339. The molecule has 0 saturated heterocycles. The molecule has 15 heavy (non-hydrogen) atoms. The molecule has 3 heteroatoms. The molecular weight excluding hydrogens is 210 g/mol. The number of nitrogens with two attached hydrogens (primary N) is 1. The van der Waals surface area contributed by atoms with Crippen LogP contribution in [0.1, 0.15) is 30.9 Å². The fourth-order valence-electron chi connectivity index (χ4n) is 1.59. The lowest BCUT2D eigenvalue weighted by atomic mass is 9.96. The predicted octanol–water partition coefficient (Wildman–Crippen LogP) is 3.11. The Morgan fingerprint density at radius 1 is 1.47 bits per heavy atom. The Balaban J connectivity index is 3.07. The Hall–Kier alpha value is -0.730. The van der Waals surface area contributed by atoms with Crippen LogP contribution in [0.25, 0.3) is 0 Å². The summed E-state index contributed by atoms with van der Waals surface area (Å²) in [4.78, 5) is 0. The zero-order valence-electron chi connectivity index (χ0n) is 9.51. The molecule has 0 aromatic heterocycles. The van der Waals surface area contributed by atoms with Gasteiger partial charge in [-0.15, -0.1) is 0 Å². The summed E-state index contributed by atoms with van der Waals surface area (Å²) in [5, 5.41) is 0.665. The van der Waals surface area contributed by atoms with E-state index in [9.17, 15) is 0 Å². The van der Waals surface area contributed by atoms with Crippen molar-refractivity contribution in [3.63, 3.8) is 0 Å². The van der Waals surface area contributed by atoms with Crippen molar-refractivity contribution in [1.29, 1.82) is 0 Å². The first-order valence-electron chi connectivity index (χ1n) is 5.23. The van der Waals surface area contributed by atoms with Gasteiger partial charge >= 0.3 is 0 Å². The van der Waals surface area contributed by atoms with Crippen LogP contribution in [-0.2, 0) is 0 Å². The Labute approximate surface area is 96.4 Å². The third kappa shape index (κ3) is 2.86. The molecule has 1 aromatic rings. The van der Waals surface area contributed by atoms with Crippen LogP contribution in [0.5, 0.6) is 5.75 Å². The molecule has 84 valence electrons. The molecule has 1 unspecified atom stereocenters. The molecule has 0 saturated carbocycles. The van der Waals surface area contributed by atoms with E-state index in [4.69, 9.17) is 22.1 Å². The van der Waals surface area contributed by atoms with Crippen LogP contribution in [0, 0.1) is 6.92 Å². The lowest BCUT2D eigenvalue weighted by Crippen LogP contribution is -2.10. The van der Waals surface area contributed by atoms with Gasteiger partial charge in [-0.05, 0) is 49.6 Å². The predicted molar refractivity (Wildman–Crippen MR) is 64.8 cm³/mol. The van der Waals surface area contributed by atoms with E-state index in [-0.39, 0.29) is 0 Å². The van der Waals surface area contributed by atoms with Crippen LogP contribution >= 0.6 is 11.6 Å². The topological polar surface area (TPSA) is 35.2 Å². The van der Waals surface area contributed by atoms with E-state index in [1.54, 1.807) is 0 Å². The highest BCUT2D eigenvalue weighted by molar-refractivity contribution is 6.32. The lowest BCUT2D eigenvalue weighted by molar-refractivity contribution is 0.340. The lowest BCUT2D eigenvalue weighted by Gasteiger charge is -2.15. The first-order valence-corrected chi connectivity index (χ1v) is 5.60. The zero-order chi connectivity index (χ0) is 11.4. The summed E-state index contributed by atoms with van der Waals surface area (Å²) >= 11 is 6.12. The first kappa shape index (κ1) is 12.3. The number of hydrogen-bond donors (Lipinski definition) is 1. The van der Waals surface area contributed by atoms with Crippen molar-refractivity contribution in [2.75, 3.05) is 13.2 Å². The van der Waals surface area contributed by atoms with Crippen LogP contribution in [0.2, 0.25) is 5.02 Å². The zero-order valence-corrected chi connectivity index (χ0v) is 10.3. The highest BCUT2D eigenvalue weighted by Crippen LogP contribution is 2.31. The van der Waals surface area contributed by atoms with E-state index in [2.05, 4.69) is 13.8 Å². The monoisotopic (exact) mass is 227 g/mol. The number of aryl methyl sites for hydroxylation is 1. The Kier molecular flexibility index (Phi) is 4.43. The van der Waals surface area contributed by atoms with Crippen LogP contribution in [-0.4, -0.2) is 13.2 Å². The smallest absolute Gasteiger partial charge is 0.138 e. The molecule has 0 fully saturated rings. The maximum atomic E-state index is 6.12. The molecule has 0 spiro atoms. The van der Waals surface area contributed by atoms with E-state index < -0.39 is 0 Å². The van der Waals surface area contributed by atoms with Crippen molar-refractivity contribution >= 4 is 11.6 Å². The van der Waals surface area contributed by atoms with Gasteiger partial charge in [0.1, 0.15) is 5.75 Å². The molecule has 0 aliphatic heterocycles. The maximum Gasteiger partial charge on any atom is 0.138 e. The van der Waals surface area contributed by atoms with Crippen LogP contribution < -0.4 is 10.5 Å². The van der Waals surface area contributed by atoms with Gasteiger partial charge in [0.05, 0.1) is 11.6 Å². The van der Waals surface area contributed by atoms with Gasteiger partial charge in [-0.25, -0.2) is 0 Å². The molecule has 2 nitrogen and oxygen atoms in total. The van der Waals surface area contributed by atoms with Gasteiger partial charge in [0.15, 0.2) is 0 Å². The molecule has 0 amide bonds. The largest absolute Gasteiger partial charge is 0.492 e. The number of hydrogen-bond acceptors (Lipinski definition) is 2. The van der Waals surface area contributed by atoms with Gasteiger partial charge in [-0.3, -0.25) is 0 Å². The van der Waals surface area contributed by atoms with Gasteiger partial charge in [-0.2, -0.15) is 0 Å². The number of ether oxygens (including phenoxy) is 1. The molecule has 2 N–H and O–H groups in total. The second-order valence-corrected chi connectivity index (χ2v) is 4.12. The molecular formula is C12H18ClNO. The van der Waals surface area contributed by atoms with Gasteiger partial charge in [-0.1, -0.05) is 18.5 Å². The maximum absolute atomic E-state index is 6.12. The van der Waals surface area contributed by atoms with Gasteiger partial charge in [0, 0.05) is 0 Å². The molecule has 1 atom stereocenters. The molecule has 0 radical (unpaired) electrons. The minimum atomic E-state index is 0.332. The molecule has 1 aromatic carbocycles. The second-order valence-electron chi connectivity index (χ2n) is 3.71. The minimum Gasteiger partial charge on any atom is -0.492 e. The molecule has 0 aliphatic carbocycles. The summed E-state index contributed by atoms with van der Waals surface area (Å²) in [7, 11) is 0. The number of halogens is 1. The summed E-state index contributed by atoms with van der Waals surface area (Å²) < 4.78 is 5.42. The van der Waals surface area contributed by atoms with Gasteiger partial charge in [0.2, 0.25) is 0 Å². The van der Waals surface area contributed by atoms with Crippen molar-refractivity contribution < 1.29 is 4.74 Å². The van der Waals surface area contributed by atoms with Gasteiger partial charge < -0.3 is 10.5 Å². The van der Waals surface area contributed by atoms with E-state index >= 15 is 0 Å². The summed E-state index contributed by atoms with van der Waals surface area (Å²) in [6, 6.07) is 3.94. The van der Waals surface area contributed by atoms with Crippen molar-refractivity contribution in [3.05, 3.63) is 28.3 Å². The third-order valence-electron chi connectivity index (χ3n) is 2.50. The Morgan fingerprint density at radius 2 is 2.13 bits per heavy atom. The first-order chi connectivity index (χ1) is 7.10. The molecule has 1 rings (SSSR count). The minimum absolute atomic E-state index is 0.332. The molecule has 0 heterocycles. The van der Waals surface area contributed by atoms with E-state index in [0.29, 0.717) is 24.1 Å². The fraction of sp³-hybridized carbons (Fsp3) is 0.500. The summed E-state index contributed by atoms with van der Waals surface area (Å²) in [5.41, 5.74) is 8.03. The summed E-state index contributed by atoms with van der Waals surface area (Å²) in [6.07, 6.45) is 0. The van der Waals surface area contributed by atoms with Crippen molar-refractivity contribution in [1.82, 2.24) is 0 Å². The average molecular weight is 228 g/mol. The quantitative estimate of drug-likeness (QED) is 0.858. The standard InChI is InChI=1S/C12H18ClNO/c1-4-15-12-5-8(2)10(6-11(12)13)9(3)7-14/h5-6,9H,4,7,14H2,1-3H3. The molecule has 0 bridgehead atoms. The SMILES string of the molecule is CCOc1cc(C)c(C(C)CN)cc1Cl. The summed E-state index contributed by atoms with van der Waals surface area (Å²) in [5.74, 6) is 1.09. The van der Waals surface area contributed by atoms with Crippen LogP contribution in [0.4, 0.5) is 0 Å². The van der Waals surface area contributed by atoms with Crippen LogP contribution in [0.3, 0.4) is 0 Å². The van der Waals surface area contributed by atoms with Crippen molar-refractivity contribution in [2.45, 2.75) is 26.7 Å². The Morgan fingerprint density at radius 3 is 2.67 bits per heavy atom. The normalized spacial score (nSPS) is 12.6. The molecule has 0 aliphatic rings. The van der Waals surface area contributed by atoms with E-state index in [0.717, 1.165) is 5.75 Å². The highest BCUT2D eigenvalue weighted by Gasteiger charge is 2.11.